The molecule has 2 heterocycles. The summed E-state index contributed by atoms with van der Waals surface area (Å²) in [6, 6.07) is 14.9. The molecule has 1 aromatic heterocycles. The topological polar surface area (TPSA) is 37.5 Å². The molecule has 1 unspecified atom stereocenters. The van der Waals surface area contributed by atoms with Crippen molar-refractivity contribution in [3.05, 3.63) is 59.3 Å². The zero-order valence-corrected chi connectivity index (χ0v) is 15.7. The molecule has 0 spiro atoms. The molecule has 4 heteroatoms. The molecule has 1 N–H and O–H groups in total. The van der Waals surface area contributed by atoms with E-state index in [0.717, 1.165) is 24.6 Å². The van der Waals surface area contributed by atoms with Gasteiger partial charge in [0.05, 0.1) is 20.3 Å². The Morgan fingerprint density at radius 1 is 0.962 bits per heavy atom. The summed E-state index contributed by atoms with van der Waals surface area (Å²) in [5.74, 6) is 1.61. The number of aromatic nitrogens is 1. The third-order valence-corrected chi connectivity index (χ3v) is 5.45. The number of para-hydroxylation sites is 2. The van der Waals surface area contributed by atoms with Crippen molar-refractivity contribution in [2.24, 2.45) is 0 Å². The van der Waals surface area contributed by atoms with Crippen LogP contribution in [-0.2, 0) is 0 Å². The normalized spacial score (nSPS) is 16.1. The number of aryl methyl sites for hydroxylation is 1. The minimum Gasteiger partial charge on any atom is -0.493 e. The van der Waals surface area contributed by atoms with Gasteiger partial charge in [0.15, 0.2) is 11.5 Å². The lowest BCUT2D eigenvalue weighted by atomic mass is 9.93. The Kier molecular flexibility index (Phi) is 4.60. The summed E-state index contributed by atoms with van der Waals surface area (Å²) < 4.78 is 11.4. The molecule has 0 saturated carbocycles. The van der Waals surface area contributed by atoms with Crippen LogP contribution in [0.5, 0.6) is 11.5 Å². The van der Waals surface area contributed by atoms with Gasteiger partial charge in [0.1, 0.15) is 0 Å². The lowest BCUT2D eigenvalue weighted by Gasteiger charge is -2.30. The molecule has 1 saturated heterocycles. The first-order chi connectivity index (χ1) is 12.7. The van der Waals surface area contributed by atoms with Crippen molar-refractivity contribution in [2.75, 3.05) is 27.3 Å². The highest BCUT2D eigenvalue weighted by atomic mass is 16.5. The van der Waals surface area contributed by atoms with Crippen molar-refractivity contribution >= 4 is 10.9 Å². The SMILES string of the molecule is COc1cccc(C(c2c(C)[nH]c3ccccc23)N2CCCC2)c1OC. The van der Waals surface area contributed by atoms with E-state index in [9.17, 15) is 0 Å². The molecule has 3 aromatic rings. The van der Waals surface area contributed by atoms with Gasteiger partial charge in [-0.25, -0.2) is 0 Å². The summed E-state index contributed by atoms with van der Waals surface area (Å²) in [6.07, 6.45) is 2.48. The number of nitrogens with one attached hydrogen (secondary N) is 1. The van der Waals surface area contributed by atoms with E-state index in [2.05, 4.69) is 53.2 Å². The highest BCUT2D eigenvalue weighted by Crippen LogP contribution is 2.44. The van der Waals surface area contributed by atoms with Crippen LogP contribution in [-0.4, -0.2) is 37.2 Å². The fourth-order valence-electron chi connectivity index (χ4n) is 4.31. The van der Waals surface area contributed by atoms with E-state index < -0.39 is 0 Å². The first-order valence-corrected chi connectivity index (χ1v) is 9.26. The van der Waals surface area contributed by atoms with Crippen LogP contribution >= 0.6 is 0 Å². The maximum atomic E-state index is 5.80. The molecule has 1 aliphatic rings. The van der Waals surface area contributed by atoms with Gasteiger partial charge in [0.25, 0.3) is 0 Å². The van der Waals surface area contributed by atoms with Crippen molar-refractivity contribution < 1.29 is 9.47 Å². The Balaban J connectivity index is 1.96. The number of ether oxygens (including phenoxy) is 2. The van der Waals surface area contributed by atoms with Crippen LogP contribution in [0.2, 0.25) is 0 Å². The molecule has 4 nitrogen and oxygen atoms in total. The maximum absolute atomic E-state index is 5.80. The number of nitrogens with zero attached hydrogens (tertiary/aromatic N) is 1. The Morgan fingerprint density at radius 3 is 2.46 bits per heavy atom. The van der Waals surface area contributed by atoms with Crippen molar-refractivity contribution in [3.63, 3.8) is 0 Å². The van der Waals surface area contributed by atoms with Crippen molar-refractivity contribution in [1.82, 2.24) is 9.88 Å². The second-order valence-corrected chi connectivity index (χ2v) is 6.94. The molecule has 2 aromatic carbocycles. The number of hydrogen-bond acceptors (Lipinski definition) is 3. The zero-order chi connectivity index (χ0) is 18.1. The molecule has 136 valence electrons. The quantitative estimate of drug-likeness (QED) is 0.726. The van der Waals surface area contributed by atoms with Gasteiger partial charge in [-0.05, 0) is 45.0 Å². The van der Waals surface area contributed by atoms with Gasteiger partial charge in [0, 0.05) is 27.7 Å². The van der Waals surface area contributed by atoms with E-state index in [4.69, 9.17) is 9.47 Å². The molecular formula is C22H26N2O2. The van der Waals surface area contributed by atoms with Crippen molar-refractivity contribution in [2.45, 2.75) is 25.8 Å². The monoisotopic (exact) mass is 350 g/mol. The largest absolute Gasteiger partial charge is 0.493 e. The number of hydrogen-bond donors (Lipinski definition) is 1. The fraction of sp³-hybridized carbons (Fsp3) is 0.364. The van der Waals surface area contributed by atoms with E-state index in [1.165, 1.54) is 40.6 Å². The number of aromatic amines is 1. The van der Waals surface area contributed by atoms with Crippen molar-refractivity contribution in [3.8, 4) is 11.5 Å². The van der Waals surface area contributed by atoms with Gasteiger partial charge >= 0.3 is 0 Å². The predicted molar refractivity (Wildman–Crippen MR) is 105 cm³/mol. The molecule has 0 radical (unpaired) electrons. The first kappa shape index (κ1) is 17.0. The number of likely N-dealkylation sites (tertiary alicyclic amines) is 1. The number of fused-ring (bicyclic) bond motifs is 1. The standard InChI is InChI=1S/C22H26N2O2/c1-15-20(16-9-4-5-11-18(16)23-15)21(24-13-6-7-14-24)17-10-8-12-19(25-2)22(17)26-3/h4-5,8-12,21,23H,6-7,13-14H2,1-3H3. The summed E-state index contributed by atoms with van der Waals surface area (Å²) >= 11 is 0. The van der Waals surface area contributed by atoms with Gasteiger partial charge in [0.2, 0.25) is 0 Å². The van der Waals surface area contributed by atoms with Crippen LogP contribution in [0.25, 0.3) is 10.9 Å². The summed E-state index contributed by atoms with van der Waals surface area (Å²) in [4.78, 5) is 6.14. The van der Waals surface area contributed by atoms with E-state index in [0.29, 0.717) is 0 Å². The number of rotatable bonds is 5. The minimum atomic E-state index is 0.152. The van der Waals surface area contributed by atoms with Crippen molar-refractivity contribution in [1.29, 1.82) is 0 Å². The van der Waals surface area contributed by atoms with Gasteiger partial charge in [-0.1, -0.05) is 30.3 Å². The molecule has 26 heavy (non-hydrogen) atoms. The Hall–Kier alpha value is -2.46. The average molecular weight is 350 g/mol. The molecule has 0 amide bonds. The van der Waals surface area contributed by atoms with E-state index >= 15 is 0 Å². The zero-order valence-electron chi connectivity index (χ0n) is 15.7. The lowest BCUT2D eigenvalue weighted by molar-refractivity contribution is 0.270. The van der Waals surface area contributed by atoms with Gasteiger partial charge in [-0.3, -0.25) is 4.90 Å². The summed E-state index contributed by atoms with van der Waals surface area (Å²) in [5.41, 5.74) is 4.91. The van der Waals surface area contributed by atoms with E-state index in [1.54, 1.807) is 14.2 Å². The summed E-state index contributed by atoms with van der Waals surface area (Å²) in [5, 5.41) is 1.28. The Bertz CT molecular complexity index is 910. The molecule has 0 bridgehead atoms. The van der Waals surface area contributed by atoms with Gasteiger partial charge in [-0.2, -0.15) is 0 Å². The number of H-pyrrole nitrogens is 1. The highest BCUT2D eigenvalue weighted by Gasteiger charge is 2.31. The summed E-state index contributed by atoms with van der Waals surface area (Å²) in [7, 11) is 3.42. The predicted octanol–water partition coefficient (Wildman–Crippen LogP) is 4.68. The third kappa shape index (κ3) is 2.74. The van der Waals surface area contributed by atoms with Crippen LogP contribution in [0.3, 0.4) is 0 Å². The lowest BCUT2D eigenvalue weighted by Crippen LogP contribution is -2.27. The van der Waals surface area contributed by atoms with Crippen LogP contribution in [0.4, 0.5) is 0 Å². The van der Waals surface area contributed by atoms with Gasteiger partial charge < -0.3 is 14.5 Å². The molecule has 4 rings (SSSR count). The maximum Gasteiger partial charge on any atom is 0.165 e. The Labute approximate surface area is 154 Å². The van der Waals surface area contributed by atoms with E-state index in [1.807, 2.05) is 6.07 Å². The fourth-order valence-corrected chi connectivity index (χ4v) is 4.31. The van der Waals surface area contributed by atoms with Crippen LogP contribution < -0.4 is 9.47 Å². The first-order valence-electron chi connectivity index (χ1n) is 9.26. The van der Waals surface area contributed by atoms with E-state index in [-0.39, 0.29) is 6.04 Å². The molecule has 0 aliphatic carbocycles. The molecule has 1 atom stereocenters. The molecule has 1 fully saturated rings. The summed E-state index contributed by atoms with van der Waals surface area (Å²) in [6.45, 7) is 4.37. The number of methoxy groups -OCH3 is 2. The van der Waals surface area contributed by atoms with Gasteiger partial charge in [-0.15, -0.1) is 0 Å². The van der Waals surface area contributed by atoms with Crippen LogP contribution in [0.1, 0.15) is 35.7 Å². The Morgan fingerprint density at radius 2 is 1.73 bits per heavy atom. The smallest absolute Gasteiger partial charge is 0.165 e. The third-order valence-electron chi connectivity index (χ3n) is 5.45. The van der Waals surface area contributed by atoms with Crippen LogP contribution in [0, 0.1) is 6.92 Å². The molecule has 1 aliphatic heterocycles. The highest BCUT2D eigenvalue weighted by molar-refractivity contribution is 5.85. The second kappa shape index (κ2) is 7.04. The minimum absolute atomic E-state index is 0.152. The van der Waals surface area contributed by atoms with Crippen LogP contribution in [0.15, 0.2) is 42.5 Å². The number of benzene rings is 2. The average Bonchev–Trinajstić information content (AvgIpc) is 3.30. The second-order valence-electron chi connectivity index (χ2n) is 6.94. The molecular weight excluding hydrogens is 324 g/mol.